The van der Waals surface area contributed by atoms with E-state index >= 15 is 0 Å². The monoisotopic (exact) mass is 319 g/mol. The number of carbonyl (C=O) groups excluding carboxylic acids is 1. The summed E-state index contributed by atoms with van der Waals surface area (Å²) in [4.78, 5) is 25.3. The fourth-order valence-corrected chi connectivity index (χ4v) is 2.75. The normalized spacial score (nSPS) is 10.4. The molecule has 0 fully saturated rings. The molecule has 0 saturated heterocycles. The minimum Gasteiger partial charge on any atom is -0.481 e. The third-order valence-electron chi connectivity index (χ3n) is 3.09. The number of benzene rings is 1. The van der Waals surface area contributed by atoms with Crippen LogP contribution in [0.1, 0.15) is 22.5 Å². The van der Waals surface area contributed by atoms with Crippen molar-refractivity contribution in [3.63, 3.8) is 0 Å². The molecule has 0 spiro atoms. The first kappa shape index (κ1) is 16.2. The SMILES string of the molecule is CN(CCC(=O)O)C(=O)c1occc1CSc1ccccc1. The molecule has 1 aromatic heterocycles. The van der Waals surface area contributed by atoms with Crippen molar-refractivity contribution in [2.75, 3.05) is 13.6 Å². The highest BCUT2D eigenvalue weighted by Crippen LogP contribution is 2.25. The molecule has 5 nitrogen and oxygen atoms in total. The molecule has 1 heterocycles. The van der Waals surface area contributed by atoms with Gasteiger partial charge < -0.3 is 14.4 Å². The molecule has 2 aromatic rings. The standard InChI is InChI=1S/C16H17NO4S/c1-17(9-7-14(18)19)16(20)15-12(8-10-21-15)11-22-13-5-3-2-4-6-13/h2-6,8,10H,7,9,11H2,1H3,(H,18,19). The molecule has 0 aliphatic rings. The summed E-state index contributed by atoms with van der Waals surface area (Å²) in [6.07, 6.45) is 1.40. The maximum atomic E-state index is 12.3. The zero-order valence-electron chi connectivity index (χ0n) is 12.2. The number of hydrogen-bond donors (Lipinski definition) is 1. The van der Waals surface area contributed by atoms with Crippen LogP contribution in [0.4, 0.5) is 0 Å². The van der Waals surface area contributed by atoms with Crippen LogP contribution >= 0.6 is 11.8 Å². The van der Waals surface area contributed by atoms with Crippen molar-refractivity contribution in [2.24, 2.45) is 0 Å². The Kier molecular flexibility index (Phi) is 5.66. The first-order valence-electron chi connectivity index (χ1n) is 6.79. The number of carboxylic acid groups (broad SMARTS) is 1. The third kappa shape index (κ3) is 4.39. The van der Waals surface area contributed by atoms with Gasteiger partial charge >= 0.3 is 5.97 Å². The Bertz CT molecular complexity index is 639. The van der Waals surface area contributed by atoms with Crippen LogP contribution in [0.2, 0.25) is 0 Å². The first-order chi connectivity index (χ1) is 10.6. The number of amides is 1. The Hall–Kier alpha value is -2.21. The third-order valence-corrected chi connectivity index (χ3v) is 4.15. The number of hydrogen-bond acceptors (Lipinski definition) is 4. The van der Waals surface area contributed by atoms with E-state index in [1.807, 2.05) is 30.3 Å². The Balaban J connectivity index is 1.99. The molecule has 0 aliphatic heterocycles. The molecule has 0 aliphatic carbocycles. The van der Waals surface area contributed by atoms with E-state index in [9.17, 15) is 9.59 Å². The predicted octanol–water partition coefficient (Wildman–Crippen LogP) is 3.12. The van der Waals surface area contributed by atoms with Gasteiger partial charge in [-0.25, -0.2) is 0 Å². The van der Waals surface area contributed by atoms with Crippen LogP contribution in [0.25, 0.3) is 0 Å². The summed E-state index contributed by atoms with van der Waals surface area (Å²) in [5, 5.41) is 8.67. The zero-order chi connectivity index (χ0) is 15.9. The maximum absolute atomic E-state index is 12.3. The number of furan rings is 1. The van der Waals surface area contributed by atoms with Crippen LogP contribution in [0.5, 0.6) is 0 Å². The van der Waals surface area contributed by atoms with Crippen LogP contribution in [-0.2, 0) is 10.5 Å². The first-order valence-corrected chi connectivity index (χ1v) is 7.78. The van der Waals surface area contributed by atoms with Gasteiger partial charge in [0.25, 0.3) is 5.91 Å². The van der Waals surface area contributed by atoms with Crippen molar-refractivity contribution in [2.45, 2.75) is 17.1 Å². The lowest BCUT2D eigenvalue weighted by Crippen LogP contribution is -2.29. The largest absolute Gasteiger partial charge is 0.481 e. The summed E-state index contributed by atoms with van der Waals surface area (Å²) in [6.45, 7) is 0.153. The highest BCUT2D eigenvalue weighted by molar-refractivity contribution is 7.98. The highest BCUT2D eigenvalue weighted by Gasteiger charge is 2.19. The average Bonchev–Trinajstić information content (AvgIpc) is 2.99. The highest BCUT2D eigenvalue weighted by atomic mass is 32.2. The molecule has 0 saturated carbocycles. The van der Waals surface area contributed by atoms with E-state index in [1.165, 1.54) is 11.2 Å². The summed E-state index contributed by atoms with van der Waals surface area (Å²) in [6, 6.07) is 11.7. The summed E-state index contributed by atoms with van der Waals surface area (Å²) in [7, 11) is 1.57. The van der Waals surface area contributed by atoms with E-state index in [2.05, 4.69) is 0 Å². The molecular weight excluding hydrogens is 302 g/mol. The average molecular weight is 319 g/mol. The second-order valence-corrected chi connectivity index (χ2v) is 5.80. The minimum atomic E-state index is -0.932. The molecule has 1 amide bonds. The maximum Gasteiger partial charge on any atom is 0.305 e. The van der Waals surface area contributed by atoms with E-state index in [1.54, 1.807) is 24.9 Å². The Labute approximate surface area is 132 Å². The number of thioether (sulfide) groups is 1. The van der Waals surface area contributed by atoms with Crippen molar-refractivity contribution in [3.05, 3.63) is 54.0 Å². The topological polar surface area (TPSA) is 70.8 Å². The predicted molar refractivity (Wildman–Crippen MR) is 83.9 cm³/mol. The van der Waals surface area contributed by atoms with Crippen molar-refractivity contribution >= 4 is 23.6 Å². The lowest BCUT2D eigenvalue weighted by atomic mass is 10.2. The Morgan fingerprint density at radius 2 is 1.95 bits per heavy atom. The number of carboxylic acids is 1. The molecule has 6 heteroatoms. The van der Waals surface area contributed by atoms with E-state index in [-0.39, 0.29) is 24.6 Å². The second kappa shape index (κ2) is 7.70. The van der Waals surface area contributed by atoms with Crippen molar-refractivity contribution in [3.8, 4) is 0 Å². The summed E-state index contributed by atoms with van der Waals surface area (Å²) in [5.41, 5.74) is 0.807. The molecule has 22 heavy (non-hydrogen) atoms. The van der Waals surface area contributed by atoms with E-state index < -0.39 is 5.97 Å². The molecule has 1 N–H and O–H groups in total. The van der Waals surface area contributed by atoms with E-state index in [4.69, 9.17) is 9.52 Å². The van der Waals surface area contributed by atoms with Crippen molar-refractivity contribution in [1.29, 1.82) is 0 Å². The minimum absolute atomic E-state index is 0.0863. The quantitative estimate of drug-likeness (QED) is 0.794. The number of carbonyl (C=O) groups is 2. The Morgan fingerprint density at radius 1 is 1.23 bits per heavy atom. The van der Waals surface area contributed by atoms with Gasteiger partial charge in [0, 0.05) is 29.8 Å². The van der Waals surface area contributed by atoms with Crippen LogP contribution in [-0.4, -0.2) is 35.5 Å². The molecule has 2 rings (SSSR count). The fraction of sp³-hybridized carbons (Fsp3) is 0.250. The van der Waals surface area contributed by atoms with Gasteiger partial charge in [-0.1, -0.05) is 18.2 Å². The van der Waals surface area contributed by atoms with Gasteiger partial charge in [-0.2, -0.15) is 0 Å². The molecule has 116 valence electrons. The molecular formula is C16H17NO4S. The number of rotatable bonds is 7. The lowest BCUT2D eigenvalue weighted by Gasteiger charge is -2.15. The van der Waals surface area contributed by atoms with E-state index in [0.29, 0.717) is 5.75 Å². The number of aliphatic carboxylic acids is 1. The van der Waals surface area contributed by atoms with Crippen LogP contribution in [0.3, 0.4) is 0 Å². The van der Waals surface area contributed by atoms with Gasteiger partial charge in [-0.3, -0.25) is 9.59 Å². The Morgan fingerprint density at radius 3 is 2.64 bits per heavy atom. The molecule has 0 atom stereocenters. The van der Waals surface area contributed by atoms with Crippen LogP contribution < -0.4 is 0 Å². The van der Waals surface area contributed by atoms with E-state index in [0.717, 1.165) is 10.5 Å². The molecule has 0 bridgehead atoms. The van der Waals surface area contributed by atoms with Crippen LogP contribution in [0.15, 0.2) is 52.0 Å². The smallest absolute Gasteiger partial charge is 0.305 e. The zero-order valence-corrected chi connectivity index (χ0v) is 13.0. The fourth-order valence-electron chi connectivity index (χ4n) is 1.85. The van der Waals surface area contributed by atoms with Crippen molar-refractivity contribution < 1.29 is 19.1 Å². The molecule has 0 unspecified atom stereocenters. The summed E-state index contributed by atoms with van der Waals surface area (Å²) >= 11 is 1.61. The van der Waals surface area contributed by atoms with Gasteiger partial charge in [0.2, 0.25) is 0 Å². The molecule has 1 aromatic carbocycles. The number of nitrogens with zero attached hydrogens (tertiary/aromatic N) is 1. The summed E-state index contributed by atoms with van der Waals surface area (Å²) in [5.74, 6) is -0.334. The summed E-state index contributed by atoms with van der Waals surface area (Å²) < 4.78 is 5.29. The van der Waals surface area contributed by atoms with Gasteiger partial charge in [0.05, 0.1) is 12.7 Å². The van der Waals surface area contributed by atoms with Crippen LogP contribution in [0, 0.1) is 0 Å². The van der Waals surface area contributed by atoms with Gasteiger partial charge in [0.1, 0.15) is 0 Å². The lowest BCUT2D eigenvalue weighted by molar-refractivity contribution is -0.137. The molecule has 0 radical (unpaired) electrons. The van der Waals surface area contributed by atoms with Gasteiger partial charge in [-0.05, 0) is 18.2 Å². The van der Waals surface area contributed by atoms with Crippen molar-refractivity contribution in [1.82, 2.24) is 4.90 Å². The van der Waals surface area contributed by atoms with Gasteiger partial charge in [0.15, 0.2) is 5.76 Å². The van der Waals surface area contributed by atoms with Gasteiger partial charge in [-0.15, -0.1) is 11.8 Å². The second-order valence-electron chi connectivity index (χ2n) is 4.75.